The molecule has 9 nitrogen and oxygen atoms in total. The molecule has 1 aliphatic rings. The molecule has 4 rings (SSSR count). The standard InChI is InChI=1S/C16H19N7O2/c24-13-10-21(9-12-7-18-20-19-12)5-6-22(11-13)16(25)14-8-17-15-3-1-2-4-23(14)15/h1-4,7-8,13,24H,5-6,9-11H2,(H,18,19,20)/t13-/m1/s1. The normalized spacial score (nSPS) is 19.2. The van der Waals surface area contributed by atoms with Crippen LogP contribution in [0.2, 0.25) is 0 Å². The van der Waals surface area contributed by atoms with Gasteiger partial charge in [-0.05, 0) is 12.1 Å². The average Bonchev–Trinajstić information content (AvgIpc) is 3.23. The lowest BCUT2D eigenvalue weighted by Gasteiger charge is -2.21. The number of aliphatic hydroxyl groups excluding tert-OH is 1. The molecule has 0 radical (unpaired) electrons. The van der Waals surface area contributed by atoms with E-state index in [1.54, 1.807) is 21.7 Å². The van der Waals surface area contributed by atoms with Crippen LogP contribution in [0.5, 0.6) is 0 Å². The van der Waals surface area contributed by atoms with Crippen molar-refractivity contribution in [2.24, 2.45) is 0 Å². The minimum atomic E-state index is -0.613. The van der Waals surface area contributed by atoms with Crippen molar-refractivity contribution < 1.29 is 9.90 Å². The molecule has 1 amide bonds. The van der Waals surface area contributed by atoms with E-state index < -0.39 is 6.10 Å². The molecule has 0 saturated carbocycles. The largest absolute Gasteiger partial charge is 0.390 e. The SMILES string of the molecule is O=C(c1cnc2ccccn12)N1CCN(Cc2cn[nH]n2)C[C@@H](O)C1. The maximum absolute atomic E-state index is 12.9. The highest BCUT2D eigenvalue weighted by Gasteiger charge is 2.27. The number of amides is 1. The Morgan fingerprint density at radius 2 is 2.20 bits per heavy atom. The Hall–Kier alpha value is -2.78. The molecule has 3 aromatic heterocycles. The molecule has 0 unspecified atom stereocenters. The van der Waals surface area contributed by atoms with Crippen molar-refractivity contribution in [2.75, 3.05) is 26.2 Å². The van der Waals surface area contributed by atoms with Crippen molar-refractivity contribution in [1.29, 1.82) is 0 Å². The molecule has 2 N–H and O–H groups in total. The fraction of sp³-hybridized carbons (Fsp3) is 0.375. The highest BCUT2D eigenvalue weighted by Crippen LogP contribution is 2.13. The van der Waals surface area contributed by atoms with Crippen LogP contribution in [0.4, 0.5) is 0 Å². The summed E-state index contributed by atoms with van der Waals surface area (Å²) in [5.41, 5.74) is 2.05. The number of aliphatic hydroxyl groups is 1. The molecule has 0 bridgehead atoms. The first-order chi connectivity index (χ1) is 12.2. The van der Waals surface area contributed by atoms with Crippen LogP contribution >= 0.6 is 0 Å². The maximum atomic E-state index is 12.9. The number of nitrogens with one attached hydrogen (secondary N) is 1. The molecule has 25 heavy (non-hydrogen) atoms. The third-order valence-corrected chi connectivity index (χ3v) is 4.36. The number of carbonyl (C=O) groups excluding carboxylic acids is 1. The summed E-state index contributed by atoms with van der Waals surface area (Å²) >= 11 is 0. The molecule has 0 aliphatic carbocycles. The van der Waals surface area contributed by atoms with Crippen molar-refractivity contribution in [3.63, 3.8) is 0 Å². The van der Waals surface area contributed by atoms with Gasteiger partial charge in [-0.2, -0.15) is 15.4 Å². The first-order valence-electron chi connectivity index (χ1n) is 8.17. The summed E-state index contributed by atoms with van der Waals surface area (Å²) in [6, 6.07) is 5.60. The van der Waals surface area contributed by atoms with Crippen LogP contribution in [0, 0.1) is 0 Å². The van der Waals surface area contributed by atoms with Gasteiger partial charge in [0, 0.05) is 38.9 Å². The summed E-state index contributed by atoms with van der Waals surface area (Å²) in [6.45, 7) is 2.57. The molecular formula is C16H19N7O2. The predicted molar refractivity (Wildman–Crippen MR) is 88.8 cm³/mol. The fourth-order valence-electron chi connectivity index (χ4n) is 3.17. The molecule has 1 atom stereocenters. The topological polar surface area (TPSA) is 103 Å². The van der Waals surface area contributed by atoms with Gasteiger partial charge in [-0.1, -0.05) is 6.07 Å². The third-order valence-electron chi connectivity index (χ3n) is 4.36. The highest BCUT2D eigenvalue weighted by atomic mass is 16.3. The second-order valence-corrected chi connectivity index (χ2v) is 6.17. The Bertz CT molecular complexity index is 860. The smallest absolute Gasteiger partial charge is 0.272 e. The van der Waals surface area contributed by atoms with Crippen molar-refractivity contribution in [3.05, 3.63) is 48.2 Å². The molecule has 9 heteroatoms. The Morgan fingerprint density at radius 1 is 1.28 bits per heavy atom. The van der Waals surface area contributed by atoms with Gasteiger partial charge >= 0.3 is 0 Å². The summed E-state index contributed by atoms with van der Waals surface area (Å²) in [5.74, 6) is -0.124. The van der Waals surface area contributed by atoms with E-state index in [0.29, 0.717) is 38.4 Å². The van der Waals surface area contributed by atoms with E-state index in [1.807, 2.05) is 24.4 Å². The predicted octanol–water partition coefficient (Wildman–Crippen LogP) is -0.229. The second kappa shape index (κ2) is 6.61. The quantitative estimate of drug-likeness (QED) is 0.682. The molecule has 4 heterocycles. The first-order valence-corrected chi connectivity index (χ1v) is 8.17. The lowest BCUT2D eigenvalue weighted by molar-refractivity contribution is 0.0656. The Kier molecular flexibility index (Phi) is 4.16. The summed E-state index contributed by atoms with van der Waals surface area (Å²) < 4.78 is 1.77. The van der Waals surface area contributed by atoms with Crippen LogP contribution in [-0.2, 0) is 6.54 Å². The van der Waals surface area contributed by atoms with Gasteiger partial charge in [-0.15, -0.1) is 0 Å². The molecule has 0 aromatic carbocycles. The number of imidazole rings is 1. The van der Waals surface area contributed by atoms with Gasteiger partial charge in [0.1, 0.15) is 11.3 Å². The van der Waals surface area contributed by atoms with Gasteiger partial charge in [-0.25, -0.2) is 4.98 Å². The van der Waals surface area contributed by atoms with Crippen molar-refractivity contribution in [1.82, 2.24) is 34.6 Å². The second-order valence-electron chi connectivity index (χ2n) is 6.17. The lowest BCUT2D eigenvalue weighted by atomic mass is 10.3. The van der Waals surface area contributed by atoms with E-state index in [0.717, 1.165) is 11.3 Å². The number of hydrogen-bond acceptors (Lipinski definition) is 6. The summed E-state index contributed by atoms with van der Waals surface area (Å²) in [6.07, 6.45) is 4.46. The summed E-state index contributed by atoms with van der Waals surface area (Å²) in [7, 11) is 0. The van der Waals surface area contributed by atoms with Crippen LogP contribution in [0.3, 0.4) is 0 Å². The summed E-state index contributed by atoms with van der Waals surface area (Å²) in [5, 5.41) is 20.7. The van der Waals surface area contributed by atoms with Gasteiger partial charge in [0.25, 0.3) is 5.91 Å². The van der Waals surface area contributed by atoms with Crippen LogP contribution in [0.15, 0.2) is 36.8 Å². The number of aromatic nitrogens is 5. The Labute approximate surface area is 143 Å². The monoisotopic (exact) mass is 341 g/mol. The Balaban J connectivity index is 1.50. The van der Waals surface area contributed by atoms with Crippen LogP contribution in [0.25, 0.3) is 5.65 Å². The Morgan fingerprint density at radius 3 is 3.04 bits per heavy atom. The molecule has 1 aliphatic heterocycles. The number of carbonyl (C=O) groups is 1. The number of H-pyrrole nitrogens is 1. The van der Waals surface area contributed by atoms with E-state index in [4.69, 9.17) is 0 Å². The number of aromatic amines is 1. The molecular weight excluding hydrogens is 322 g/mol. The number of β-amino-alcohol motifs (C(OH)–C–C–N with tert-alkyl or cyclic N) is 1. The van der Waals surface area contributed by atoms with E-state index in [2.05, 4.69) is 25.3 Å². The zero-order valence-electron chi connectivity index (χ0n) is 13.6. The average molecular weight is 341 g/mol. The van der Waals surface area contributed by atoms with Gasteiger partial charge in [0.2, 0.25) is 0 Å². The van der Waals surface area contributed by atoms with Gasteiger partial charge < -0.3 is 10.0 Å². The minimum absolute atomic E-state index is 0.124. The van der Waals surface area contributed by atoms with E-state index in [9.17, 15) is 9.90 Å². The van der Waals surface area contributed by atoms with Gasteiger partial charge in [-0.3, -0.25) is 14.1 Å². The zero-order valence-corrected chi connectivity index (χ0v) is 13.6. The summed E-state index contributed by atoms with van der Waals surface area (Å²) in [4.78, 5) is 20.9. The zero-order chi connectivity index (χ0) is 17.2. The molecule has 3 aromatic rings. The van der Waals surface area contributed by atoms with E-state index in [-0.39, 0.29) is 5.91 Å². The maximum Gasteiger partial charge on any atom is 0.272 e. The van der Waals surface area contributed by atoms with Crippen LogP contribution in [-0.4, -0.2) is 77.9 Å². The minimum Gasteiger partial charge on any atom is -0.390 e. The number of fused-ring (bicyclic) bond motifs is 1. The molecule has 1 fully saturated rings. The van der Waals surface area contributed by atoms with Gasteiger partial charge in [0.15, 0.2) is 0 Å². The molecule has 130 valence electrons. The van der Waals surface area contributed by atoms with Crippen molar-refractivity contribution >= 4 is 11.6 Å². The van der Waals surface area contributed by atoms with Crippen LogP contribution < -0.4 is 0 Å². The van der Waals surface area contributed by atoms with E-state index >= 15 is 0 Å². The molecule has 1 saturated heterocycles. The number of nitrogens with zero attached hydrogens (tertiary/aromatic N) is 6. The number of hydrogen-bond donors (Lipinski definition) is 2. The van der Waals surface area contributed by atoms with Crippen molar-refractivity contribution in [3.8, 4) is 0 Å². The lowest BCUT2D eigenvalue weighted by Crippen LogP contribution is -2.38. The first kappa shape index (κ1) is 15.7. The molecule has 0 spiro atoms. The number of pyridine rings is 1. The van der Waals surface area contributed by atoms with E-state index in [1.165, 1.54) is 0 Å². The third kappa shape index (κ3) is 3.24. The highest BCUT2D eigenvalue weighted by molar-refractivity contribution is 5.93. The number of rotatable bonds is 3. The fourth-order valence-corrected chi connectivity index (χ4v) is 3.17. The van der Waals surface area contributed by atoms with Crippen LogP contribution in [0.1, 0.15) is 16.2 Å². The van der Waals surface area contributed by atoms with Crippen molar-refractivity contribution in [2.45, 2.75) is 12.6 Å². The van der Waals surface area contributed by atoms with Gasteiger partial charge in [0.05, 0.1) is 24.2 Å².